The molecule has 0 aliphatic carbocycles. The Balaban J connectivity index is 2.06. The Kier molecular flexibility index (Phi) is 4.46. The summed E-state index contributed by atoms with van der Waals surface area (Å²) in [6.07, 6.45) is 0.609. The molecular formula is C13H17N3O4S. The van der Waals surface area contributed by atoms with Gasteiger partial charge < -0.3 is 10.6 Å². The Morgan fingerprint density at radius 3 is 2.38 bits per heavy atom. The van der Waals surface area contributed by atoms with E-state index in [2.05, 4.69) is 10.6 Å². The number of carbonyl (C=O) groups excluding carboxylic acids is 2. The summed E-state index contributed by atoms with van der Waals surface area (Å²) in [6, 6.07) is 6.35. The maximum atomic E-state index is 11.8. The van der Waals surface area contributed by atoms with E-state index in [0.29, 0.717) is 30.9 Å². The van der Waals surface area contributed by atoms with Crippen molar-refractivity contribution in [1.29, 1.82) is 0 Å². The van der Waals surface area contributed by atoms with E-state index in [0.717, 1.165) is 0 Å². The number of benzene rings is 1. The van der Waals surface area contributed by atoms with Crippen molar-refractivity contribution in [1.82, 2.24) is 5.32 Å². The fraction of sp³-hybridized carbons (Fsp3) is 0.385. The van der Waals surface area contributed by atoms with E-state index < -0.39 is 21.8 Å². The van der Waals surface area contributed by atoms with Crippen LogP contribution in [0.4, 0.5) is 11.4 Å². The fourth-order valence-electron chi connectivity index (χ4n) is 2.07. The first-order valence-electron chi connectivity index (χ1n) is 6.63. The topological polar surface area (TPSA) is 95.6 Å². The van der Waals surface area contributed by atoms with E-state index in [9.17, 15) is 18.0 Å². The van der Waals surface area contributed by atoms with E-state index >= 15 is 0 Å². The number of carbonyl (C=O) groups is 2. The monoisotopic (exact) mass is 311 g/mol. The molecule has 1 fully saturated rings. The van der Waals surface area contributed by atoms with Gasteiger partial charge in [-0.05, 0) is 37.6 Å². The molecule has 0 unspecified atom stereocenters. The summed E-state index contributed by atoms with van der Waals surface area (Å²) in [5.74, 6) is -1.30. The molecule has 7 nitrogen and oxygen atoms in total. The lowest BCUT2D eigenvalue weighted by Crippen LogP contribution is -2.35. The van der Waals surface area contributed by atoms with Crippen LogP contribution in [0.15, 0.2) is 24.3 Å². The lowest BCUT2D eigenvalue weighted by Gasteiger charge is -2.17. The zero-order valence-corrected chi connectivity index (χ0v) is 12.4. The third-order valence-corrected chi connectivity index (χ3v) is 4.93. The summed E-state index contributed by atoms with van der Waals surface area (Å²) in [7, 11) is -3.21. The van der Waals surface area contributed by atoms with Crippen LogP contribution in [0.3, 0.4) is 0 Å². The molecule has 1 heterocycles. The first-order valence-corrected chi connectivity index (χ1v) is 8.24. The number of nitrogens with one attached hydrogen (secondary N) is 2. The van der Waals surface area contributed by atoms with Crippen molar-refractivity contribution >= 4 is 33.2 Å². The van der Waals surface area contributed by atoms with Crippen molar-refractivity contribution in [2.75, 3.05) is 28.5 Å². The highest BCUT2D eigenvalue weighted by Gasteiger charge is 2.28. The molecule has 1 aromatic rings. The quantitative estimate of drug-likeness (QED) is 0.785. The molecule has 0 radical (unpaired) electrons. The van der Waals surface area contributed by atoms with Crippen molar-refractivity contribution in [2.24, 2.45) is 0 Å². The van der Waals surface area contributed by atoms with E-state index in [1.165, 1.54) is 4.31 Å². The molecule has 0 bridgehead atoms. The number of nitrogens with zero attached hydrogens (tertiary/aromatic N) is 1. The predicted molar refractivity (Wildman–Crippen MR) is 79.5 cm³/mol. The summed E-state index contributed by atoms with van der Waals surface area (Å²) in [5.41, 5.74) is 0.995. The van der Waals surface area contributed by atoms with Crippen LogP contribution in [0.5, 0.6) is 0 Å². The van der Waals surface area contributed by atoms with Gasteiger partial charge >= 0.3 is 11.8 Å². The number of likely N-dealkylation sites (N-methyl/N-ethyl adjacent to an activating group) is 1. The van der Waals surface area contributed by atoms with Crippen LogP contribution >= 0.6 is 0 Å². The number of rotatable bonds is 3. The van der Waals surface area contributed by atoms with Crippen LogP contribution in [0.25, 0.3) is 0 Å². The van der Waals surface area contributed by atoms with Gasteiger partial charge in [-0.3, -0.25) is 13.9 Å². The Morgan fingerprint density at radius 1 is 1.19 bits per heavy atom. The highest BCUT2D eigenvalue weighted by molar-refractivity contribution is 7.93. The van der Waals surface area contributed by atoms with Gasteiger partial charge in [-0.25, -0.2) is 8.42 Å². The van der Waals surface area contributed by atoms with Crippen LogP contribution in [0.2, 0.25) is 0 Å². The lowest BCUT2D eigenvalue weighted by molar-refractivity contribution is -0.136. The molecule has 1 aromatic carbocycles. The minimum Gasteiger partial charge on any atom is -0.348 e. The molecule has 8 heteroatoms. The maximum Gasteiger partial charge on any atom is 0.313 e. The zero-order valence-electron chi connectivity index (χ0n) is 11.6. The van der Waals surface area contributed by atoms with Crippen LogP contribution in [0.1, 0.15) is 13.3 Å². The van der Waals surface area contributed by atoms with Crippen molar-refractivity contribution in [3.8, 4) is 0 Å². The SMILES string of the molecule is CCNC(=O)C(=O)Nc1ccc(N2CCCS2(=O)=O)cc1. The first-order chi connectivity index (χ1) is 9.94. The third-order valence-electron chi connectivity index (χ3n) is 3.06. The van der Waals surface area contributed by atoms with Crippen molar-refractivity contribution in [3.63, 3.8) is 0 Å². The lowest BCUT2D eigenvalue weighted by atomic mass is 10.2. The molecule has 1 saturated heterocycles. The maximum absolute atomic E-state index is 11.8. The van der Waals surface area contributed by atoms with Crippen LogP contribution in [0, 0.1) is 0 Å². The van der Waals surface area contributed by atoms with Crippen LogP contribution < -0.4 is 14.9 Å². The van der Waals surface area contributed by atoms with Gasteiger partial charge in [0.2, 0.25) is 10.0 Å². The van der Waals surface area contributed by atoms with Gasteiger partial charge in [0.15, 0.2) is 0 Å². The summed E-state index contributed by atoms with van der Waals surface area (Å²) >= 11 is 0. The highest BCUT2D eigenvalue weighted by Crippen LogP contribution is 2.25. The van der Waals surface area contributed by atoms with Gasteiger partial charge in [-0.15, -0.1) is 0 Å². The predicted octanol–water partition coefficient (Wildman–Crippen LogP) is 0.301. The molecule has 114 valence electrons. The van der Waals surface area contributed by atoms with E-state index in [1.807, 2.05) is 0 Å². The highest BCUT2D eigenvalue weighted by atomic mass is 32.2. The summed E-state index contributed by atoms with van der Waals surface area (Å²) < 4.78 is 24.9. The Morgan fingerprint density at radius 2 is 1.86 bits per heavy atom. The normalized spacial score (nSPS) is 16.5. The summed E-state index contributed by atoms with van der Waals surface area (Å²) in [4.78, 5) is 22.8. The standard InChI is InChI=1S/C13H17N3O4S/c1-2-14-12(17)13(18)15-10-4-6-11(7-5-10)16-8-3-9-21(16,19)20/h4-7H,2-3,8-9H2,1H3,(H,14,17)(H,15,18). The second-order valence-electron chi connectivity index (χ2n) is 4.60. The number of sulfonamides is 1. The molecule has 2 amide bonds. The number of hydrogen-bond donors (Lipinski definition) is 2. The Hall–Kier alpha value is -2.09. The molecule has 2 N–H and O–H groups in total. The van der Waals surface area contributed by atoms with Crippen LogP contribution in [-0.2, 0) is 19.6 Å². The molecule has 0 spiro atoms. The van der Waals surface area contributed by atoms with Gasteiger partial charge in [0.05, 0.1) is 11.4 Å². The van der Waals surface area contributed by atoms with Gasteiger partial charge in [0.1, 0.15) is 0 Å². The fourth-order valence-corrected chi connectivity index (χ4v) is 3.63. The van der Waals surface area contributed by atoms with Crippen molar-refractivity contribution in [3.05, 3.63) is 24.3 Å². The second-order valence-corrected chi connectivity index (χ2v) is 6.62. The summed E-state index contributed by atoms with van der Waals surface area (Å²) in [5, 5.41) is 4.84. The molecule has 2 rings (SSSR count). The smallest absolute Gasteiger partial charge is 0.313 e. The van der Waals surface area contributed by atoms with Crippen molar-refractivity contribution in [2.45, 2.75) is 13.3 Å². The number of hydrogen-bond acceptors (Lipinski definition) is 4. The molecule has 0 saturated carbocycles. The molecule has 0 aromatic heterocycles. The van der Waals surface area contributed by atoms with Crippen LogP contribution in [-0.4, -0.2) is 39.1 Å². The van der Waals surface area contributed by atoms with Gasteiger partial charge in [-0.2, -0.15) is 0 Å². The second kappa shape index (κ2) is 6.13. The molecule has 1 aliphatic rings. The first kappa shape index (κ1) is 15.3. The third kappa shape index (κ3) is 3.52. The molecule has 0 atom stereocenters. The minimum atomic E-state index is -3.21. The van der Waals surface area contributed by atoms with E-state index in [-0.39, 0.29) is 5.75 Å². The molecular weight excluding hydrogens is 294 g/mol. The number of anilines is 2. The van der Waals surface area contributed by atoms with Crippen molar-refractivity contribution < 1.29 is 18.0 Å². The minimum absolute atomic E-state index is 0.155. The number of amides is 2. The average Bonchev–Trinajstić information content (AvgIpc) is 2.79. The van der Waals surface area contributed by atoms with E-state index in [4.69, 9.17) is 0 Å². The average molecular weight is 311 g/mol. The Labute approximate surface area is 123 Å². The molecule has 1 aliphatic heterocycles. The zero-order chi connectivity index (χ0) is 15.5. The summed E-state index contributed by atoms with van der Waals surface area (Å²) in [6.45, 7) is 2.56. The van der Waals surface area contributed by atoms with Gasteiger partial charge in [0.25, 0.3) is 0 Å². The van der Waals surface area contributed by atoms with Gasteiger partial charge in [0, 0.05) is 18.8 Å². The molecule has 21 heavy (non-hydrogen) atoms. The van der Waals surface area contributed by atoms with Gasteiger partial charge in [-0.1, -0.05) is 0 Å². The Bertz CT molecular complexity index is 640. The van der Waals surface area contributed by atoms with E-state index in [1.54, 1.807) is 31.2 Å². The largest absolute Gasteiger partial charge is 0.348 e.